The van der Waals surface area contributed by atoms with Crippen molar-refractivity contribution in [1.29, 1.82) is 0 Å². The molecule has 2 heteroatoms. The Hall–Kier alpha value is -6.12. The summed E-state index contributed by atoms with van der Waals surface area (Å²) in [6, 6.07) is 58.3. The van der Waals surface area contributed by atoms with Crippen LogP contribution in [-0.2, 0) is 0 Å². The third-order valence-corrected chi connectivity index (χ3v) is 8.54. The number of benzene rings is 7. The Morgan fingerprint density at radius 3 is 1.57 bits per heavy atom. The van der Waals surface area contributed by atoms with Gasteiger partial charge in [0.15, 0.2) is 0 Å². The van der Waals surface area contributed by atoms with Crippen LogP contribution in [-0.4, -0.2) is 0 Å². The number of anilines is 5. The fourth-order valence-corrected chi connectivity index (χ4v) is 6.27. The molecule has 0 heterocycles. The molecule has 0 atom stereocenters. The molecule has 0 spiro atoms. The lowest BCUT2D eigenvalue weighted by Crippen LogP contribution is -2.15. The Morgan fingerprint density at radius 2 is 0.979 bits per heavy atom. The summed E-state index contributed by atoms with van der Waals surface area (Å²) in [6.07, 6.45) is 8.12. The molecule has 0 radical (unpaired) electrons. The summed E-state index contributed by atoms with van der Waals surface area (Å²) in [5.74, 6) is 0. The minimum Gasteiger partial charge on any atom is -0.310 e. The fraction of sp³-hybridized carbons (Fsp3) is 0.0222. The van der Waals surface area contributed by atoms with Crippen LogP contribution in [0.4, 0.5) is 28.4 Å². The largest absolute Gasteiger partial charge is 0.310 e. The van der Waals surface area contributed by atoms with E-state index in [1.807, 2.05) is 19.1 Å². The molecular weight excluding hydrogens is 569 g/mol. The van der Waals surface area contributed by atoms with Crippen molar-refractivity contribution in [2.24, 2.45) is 0 Å². The van der Waals surface area contributed by atoms with Gasteiger partial charge in [-0.2, -0.15) is 0 Å². The second-order valence-corrected chi connectivity index (χ2v) is 11.4. The Morgan fingerprint density at radius 1 is 0.489 bits per heavy atom. The first-order valence-electron chi connectivity index (χ1n) is 16.0. The third-order valence-electron chi connectivity index (χ3n) is 8.54. The van der Waals surface area contributed by atoms with Crippen LogP contribution < -0.4 is 9.80 Å². The second-order valence-electron chi connectivity index (χ2n) is 11.4. The molecule has 7 rings (SSSR count). The highest BCUT2D eigenvalue weighted by Gasteiger charge is 2.17. The van der Waals surface area contributed by atoms with Crippen molar-refractivity contribution in [1.82, 2.24) is 0 Å². The number of fused-ring (bicyclic) bond motifs is 2. The number of rotatable bonds is 9. The normalized spacial score (nSPS) is 11.6. The Labute approximate surface area is 277 Å². The van der Waals surface area contributed by atoms with Crippen molar-refractivity contribution >= 4 is 50.0 Å². The van der Waals surface area contributed by atoms with Crippen LogP contribution in [0.15, 0.2) is 200 Å². The van der Waals surface area contributed by atoms with E-state index in [0.29, 0.717) is 0 Å². The lowest BCUT2D eigenvalue weighted by molar-refractivity contribution is 1.22. The Kier molecular flexibility index (Phi) is 8.48. The molecule has 0 aliphatic carbocycles. The maximum absolute atomic E-state index is 4.17. The van der Waals surface area contributed by atoms with Crippen LogP contribution in [0.2, 0.25) is 0 Å². The van der Waals surface area contributed by atoms with Crippen molar-refractivity contribution < 1.29 is 0 Å². The van der Waals surface area contributed by atoms with E-state index < -0.39 is 0 Å². The SMILES string of the molecule is C=C/C(=C\C=C/C)N(c1ccc(-c2ccc(N(c3ccccc3)c3cccc4ccccc34)cc2)cc1)c1cccc2ccccc12. The van der Waals surface area contributed by atoms with Crippen LogP contribution in [0.1, 0.15) is 6.92 Å². The van der Waals surface area contributed by atoms with Crippen molar-refractivity contribution in [3.63, 3.8) is 0 Å². The van der Waals surface area contributed by atoms with Gasteiger partial charge in [0.25, 0.3) is 0 Å². The highest BCUT2D eigenvalue weighted by molar-refractivity contribution is 5.99. The molecule has 0 amide bonds. The number of para-hydroxylation sites is 1. The molecule has 47 heavy (non-hydrogen) atoms. The zero-order chi connectivity index (χ0) is 32.0. The molecule has 0 fully saturated rings. The predicted molar refractivity (Wildman–Crippen MR) is 203 cm³/mol. The number of nitrogens with zero attached hydrogens (tertiary/aromatic N) is 2. The fourth-order valence-electron chi connectivity index (χ4n) is 6.27. The van der Waals surface area contributed by atoms with Crippen molar-refractivity contribution in [2.75, 3.05) is 9.80 Å². The van der Waals surface area contributed by atoms with Crippen LogP contribution >= 0.6 is 0 Å². The first-order chi connectivity index (χ1) is 23.2. The minimum absolute atomic E-state index is 1.01. The number of hydrogen-bond donors (Lipinski definition) is 0. The summed E-state index contributed by atoms with van der Waals surface area (Å²) in [5, 5.41) is 4.84. The standard InChI is InChI=1S/C45H36N2/c1-3-5-19-38(4-2)46(44-24-13-17-36-15-9-11-22-42(36)44)40-30-26-34(27-31-40)35-28-32-41(33-29-35)47(39-20-7-6-8-21-39)45-25-14-18-37-16-10-12-23-43(37)45/h3-33H,2H2,1H3/b5-3-,38-19+. The average molecular weight is 605 g/mol. The first-order valence-corrected chi connectivity index (χ1v) is 16.0. The monoisotopic (exact) mass is 604 g/mol. The highest BCUT2D eigenvalue weighted by Crippen LogP contribution is 2.40. The third kappa shape index (κ3) is 5.97. The summed E-state index contributed by atoms with van der Waals surface area (Å²) in [5.41, 5.74) is 8.91. The molecule has 0 saturated heterocycles. The van der Waals surface area contributed by atoms with E-state index in [1.54, 1.807) is 0 Å². The molecular formula is C45H36N2. The van der Waals surface area contributed by atoms with E-state index in [0.717, 1.165) is 45.3 Å². The summed E-state index contributed by atoms with van der Waals surface area (Å²) in [6.45, 7) is 6.19. The molecule has 0 saturated carbocycles. The van der Waals surface area contributed by atoms with Gasteiger partial charge in [-0.1, -0.05) is 134 Å². The Bertz CT molecular complexity index is 2200. The minimum atomic E-state index is 1.01. The van der Waals surface area contributed by atoms with Crippen molar-refractivity contribution in [3.8, 4) is 11.1 Å². The highest BCUT2D eigenvalue weighted by atomic mass is 15.2. The number of allylic oxidation sites excluding steroid dienone is 4. The summed E-state index contributed by atoms with van der Waals surface area (Å²) in [4.78, 5) is 4.62. The van der Waals surface area contributed by atoms with E-state index in [-0.39, 0.29) is 0 Å². The maximum Gasteiger partial charge on any atom is 0.0540 e. The molecule has 7 aromatic carbocycles. The molecule has 0 unspecified atom stereocenters. The molecule has 0 N–H and O–H groups in total. The van der Waals surface area contributed by atoms with Gasteiger partial charge in [-0.3, -0.25) is 0 Å². The van der Waals surface area contributed by atoms with E-state index in [4.69, 9.17) is 0 Å². The summed E-state index contributed by atoms with van der Waals surface area (Å²) in [7, 11) is 0. The number of hydrogen-bond acceptors (Lipinski definition) is 2. The molecule has 2 nitrogen and oxygen atoms in total. The first kappa shape index (κ1) is 29.6. The summed E-state index contributed by atoms with van der Waals surface area (Å²) < 4.78 is 0. The van der Waals surface area contributed by atoms with Crippen LogP contribution in [0.25, 0.3) is 32.7 Å². The molecule has 0 aliphatic heterocycles. The van der Waals surface area contributed by atoms with E-state index in [1.165, 1.54) is 21.5 Å². The predicted octanol–water partition coefficient (Wildman–Crippen LogP) is 12.9. The van der Waals surface area contributed by atoms with Crippen LogP contribution in [0, 0.1) is 0 Å². The van der Waals surface area contributed by atoms with Crippen molar-refractivity contribution in [3.05, 3.63) is 200 Å². The Balaban J connectivity index is 1.26. The molecule has 226 valence electrons. The molecule has 7 aromatic rings. The zero-order valence-corrected chi connectivity index (χ0v) is 26.5. The molecule has 0 aliphatic rings. The van der Waals surface area contributed by atoms with Gasteiger partial charge in [0, 0.05) is 33.5 Å². The van der Waals surface area contributed by atoms with Gasteiger partial charge in [0.2, 0.25) is 0 Å². The average Bonchev–Trinajstić information content (AvgIpc) is 3.14. The van der Waals surface area contributed by atoms with Gasteiger partial charge in [0.05, 0.1) is 11.4 Å². The van der Waals surface area contributed by atoms with Gasteiger partial charge in [-0.25, -0.2) is 0 Å². The molecule has 0 aromatic heterocycles. The lowest BCUT2D eigenvalue weighted by Gasteiger charge is -2.28. The van der Waals surface area contributed by atoms with Crippen molar-refractivity contribution in [2.45, 2.75) is 6.92 Å². The van der Waals surface area contributed by atoms with Gasteiger partial charge in [0.1, 0.15) is 0 Å². The smallest absolute Gasteiger partial charge is 0.0540 e. The van der Waals surface area contributed by atoms with Gasteiger partial charge >= 0.3 is 0 Å². The quantitative estimate of drug-likeness (QED) is 0.151. The van der Waals surface area contributed by atoms with Gasteiger partial charge < -0.3 is 9.80 Å². The molecule has 0 bridgehead atoms. The maximum atomic E-state index is 4.17. The van der Waals surface area contributed by atoms with Gasteiger partial charge in [-0.05, 0) is 89.5 Å². The van der Waals surface area contributed by atoms with E-state index in [9.17, 15) is 0 Å². The second kappa shape index (κ2) is 13.5. The topological polar surface area (TPSA) is 6.48 Å². The van der Waals surface area contributed by atoms with E-state index in [2.05, 4.69) is 192 Å². The lowest BCUT2D eigenvalue weighted by atomic mass is 10.0. The summed E-state index contributed by atoms with van der Waals surface area (Å²) >= 11 is 0. The van der Waals surface area contributed by atoms with Gasteiger partial charge in [-0.15, -0.1) is 0 Å². The van der Waals surface area contributed by atoms with E-state index >= 15 is 0 Å². The zero-order valence-electron chi connectivity index (χ0n) is 26.5. The van der Waals surface area contributed by atoms with Crippen LogP contribution in [0.3, 0.4) is 0 Å². The van der Waals surface area contributed by atoms with Crippen LogP contribution in [0.5, 0.6) is 0 Å².